The van der Waals surface area contributed by atoms with Gasteiger partial charge in [0.05, 0.1) is 0 Å². The minimum Gasteiger partial charge on any atom is -0.508 e. The fourth-order valence-electron chi connectivity index (χ4n) is 3.41. The number of nitrogens with one attached hydrogen (secondary N) is 3. The molecule has 0 saturated heterocycles. The molecule has 0 spiro atoms. The second-order valence-corrected chi connectivity index (χ2v) is 7.12. The summed E-state index contributed by atoms with van der Waals surface area (Å²) < 4.78 is 0. The predicted octanol–water partition coefficient (Wildman–Crippen LogP) is 1.75. The number of benzene rings is 1. The number of carbonyl (C=O) groups is 1. The molecule has 0 aromatic heterocycles. The van der Waals surface area contributed by atoms with E-state index in [4.69, 9.17) is 5.73 Å². The summed E-state index contributed by atoms with van der Waals surface area (Å²) in [4.78, 5) is 11.9. The number of amides is 1. The molecular formula is C21H34N4O2. The van der Waals surface area contributed by atoms with Gasteiger partial charge < -0.3 is 26.8 Å². The van der Waals surface area contributed by atoms with Crippen LogP contribution < -0.4 is 21.7 Å². The quantitative estimate of drug-likeness (QED) is 0.300. The van der Waals surface area contributed by atoms with E-state index in [0.29, 0.717) is 18.6 Å². The first-order valence-corrected chi connectivity index (χ1v) is 10.1. The van der Waals surface area contributed by atoms with Crippen LogP contribution in [0.25, 0.3) is 6.08 Å². The van der Waals surface area contributed by atoms with Gasteiger partial charge in [0.2, 0.25) is 5.91 Å². The Balaban J connectivity index is 1.59. The Labute approximate surface area is 162 Å². The minimum atomic E-state index is -0.0953. The lowest BCUT2D eigenvalue weighted by atomic mass is 9.90. The number of carbonyl (C=O) groups excluding carboxylic acids is 1. The van der Waals surface area contributed by atoms with Crippen LogP contribution in [-0.4, -0.2) is 49.3 Å². The van der Waals surface area contributed by atoms with Gasteiger partial charge in [0.25, 0.3) is 0 Å². The molecule has 0 bridgehead atoms. The van der Waals surface area contributed by atoms with Crippen molar-refractivity contribution in [2.24, 2.45) is 5.73 Å². The standard InChI is InChI=1S/C21H34N4O2/c22-13-3-14-23-19-5-1-2-6-20(19)24-15-4-16-25-21(27)12-9-17-7-10-18(26)11-8-17/h7-12,19-20,23-24,26H,1-6,13-16,22H2,(H,25,27)/b12-9-. The summed E-state index contributed by atoms with van der Waals surface area (Å²) >= 11 is 0. The van der Waals surface area contributed by atoms with Crippen LogP contribution in [0.5, 0.6) is 5.75 Å². The van der Waals surface area contributed by atoms with Crippen molar-refractivity contribution in [3.63, 3.8) is 0 Å². The summed E-state index contributed by atoms with van der Waals surface area (Å²) in [7, 11) is 0. The molecule has 1 aliphatic rings. The maximum atomic E-state index is 11.9. The van der Waals surface area contributed by atoms with Gasteiger partial charge in [0.15, 0.2) is 0 Å². The van der Waals surface area contributed by atoms with Gasteiger partial charge in [0, 0.05) is 24.7 Å². The third-order valence-corrected chi connectivity index (χ3v) is 4.93. The number of nitrogens with two attached hydrogens (primary N) is 1. The summed E-state index contributed by atoms with van der Waals surface area (Å²) in [6.07, 6.45) is 10.2. The molecule has 1 aliphatic carbocycles. The molecule has 1 fully saturated rings. The molecule has 27 heavy (non-hydrogen) atoms. The van der Waals surface area contributed by atoms with E-state index in [1.54, 1.807) is 30.3 Å². The van der Waals surface area contributed by atoms with Crippen LogP contribution in [0.4, 0.5) is 0 Å². The van der Waals surface area contributed by atoms with Crippen molar-refractivity contribution in [2.75, 3.05) is 26.2 Å². The fourth-order valence-corrected chi connectivity index (χ4v) is 3.41. The zero-order valence-corrected chi connectivity index (χ0v) is 16.1. The van der Waals surface area contributed by atoms with E-state index in [2.05, 4.69) is 16.0 Å². The lowest BCUT2D eigenvalue weighted by Gasteiger charge is -2.33. The van der Waals surface area contributed by atoms with Crippen LogP contribution in [0.15, 0.2) is 30.3 Å². The van der Waals surface area contributed by atoms with Gasteiger partial charge in [-0.2, -0.15) is 0 Å². The summed E-state index contributed by atoms with van der Waals surface area (Å²) in [6.45, 7) is 3.28. The Kier molecular flexibility index (Phi) is 9.90. The Morgan fingerprint density at radius 3 is 2.30 bits per heavy atom. The monoisotopic (exact) mass is 374 g/mol. The van der Waals surface area contributed by atoms with Crippen molar-refractivity contribution >= 4 is 12.0 Å². The molecule has 1 aromatic carbocycles. The highest BCUT2D eigenvalue weighted by atomic mass is 16.3. The summed E-state index contributed by atoms with van der Waals surface area (Å²) in [5, 5.41) is 19.4. The van der Waals surface area contributed by atoms with Crippen molar-refractivity contribution in [3.05, 3.63) is 35.9 Å². The van der Waals surface area contributed by atoms with Crippen LogP contribution in [0, 0.1) is 0 Å². The molecule has 2 unspecified atom stereocenters. The Hall–Kier alpha value is -1.89. The van der Waals surface area contributed by atoms with E-state index in [9.17, 15) is 9.90 Å². The lowest BCUT2D eigenvalue weighted by Crippen LogP contribution is -2.50. The number of rotatable bonds is 11. The highest BCUT2D eigenvalue weighted by molar-refractivity contribution is 5.91. The average molecular weight is 375 g/mol. The number of hydrogen-bond donors (Lipinski definition) is 5. The Bertz CT molecular complexity index is 574. The molecule has 6 nitrogen and oxygen atoms in total. The number of phenolic OH excluding ortho intramolecular Hbond substituents is 1. The molecule has 2 rings (SSSR count). The molecular weight excluding hydrogens is 340 g/mol. The van der Waals surface area contributed by atoms with Gasteiger partial charge in [-0.3, -0.25) is 4.79 Å². The molecule has 6 N–H and O–H groups in total. The van der Waals surface area contributed by atoms with E-state index in [1.807, 2.05) is 0 Å². The average Bonchev–Trinajstić information content (AvgIpc) is 2.68. The third-order valence-electron chi connectivity index (χ3n) is 4.93. The van der Waals surface area contributed by atoms with Crippen molar-refractivity contribution in [1.82, 2.24) is 16.0 Å². The zero-order chi connectivity index (χ0) is 19.3. The maximum absolute atomic E-state index is 11.9. The van der Waals surface area contributed by atoms with Crippen LogP contribution in [-0.2, 0) is 4.79 Å². The first-order valence-electron chi connectivity index (χ1n) is 10.1. The number of aromatic hydroxyl groups is 1. The molecule has 6 heteroatoms. The molecule has 0 heterocycles. The smallest absolute Gasteiger partial charge is 0.243 e. The molecule has 0 radical (unpaired) electrons. The first kappa shape index (κ1) is 21.4. The Morgan fingerprint density at radius 2 is 1.67 bits per heavy atom. The Morgan fingerprint density at radius 1 is 1.04 bits per heavy atom. The SMILES string of the molecule is NCCCNC1CCCCC1NCCCNC(=O)/C=C\c1ccc(O)cc1. The maximum Gasteiger partial charge on any atom is 0.243 e. The summed E-state index contributed by atoms with van der Waals surface area (Å²) in [6, 6.07) is 7.80. The van der Waals surface area contributed by atoms with Gasteiger partial charge >= 0.3 is 0 Å². The minimum absolute atomic E-state index is 0.0953. The van der Waals surface area contributed by atoms with Crippen LogP contribution in [0.2, 0.25) is 0 Å². The highest BCUT2D eigenvalue weighted by Gasteiger charge is 2.23. The topological polar surface area (TPSA) is 99.4 Å². The summed E-state index contributed by atoms with van der Waals surface area (Å²) in [5.74, 6) is 0.126. The van der Waals surface area contributed by atoms with E-state index >= 15 is 0 Å². The predicted molar refractivity (Wildman–Crippen MR) is 110 cm³/mol. The fraction of sp³-hybridized carbons (Fsp3) is 0.571. The van der Waals surface area contributed by atoms with E-state index in [0.717, 1.165) is 38.0 Å². The van der Waals surface area contributed by atoms with Gasteiger partial charge in [-0.25, -0.2) is 0 Å². The van der Waals surface area contributed by atoms with Crippen molar-refractivity contribution in [3.8, 4) is 5.75 Å². The normalized spacial score (nSPS) is 20.0. The van der Waals surface area contributed by atoms with Crippen LogP contribution in [0.3, 0.4) is 0 Å². The van der Waals surface area contributed by atoms with Gasteiger partial charge in [-0.1, -0.05) is 25.0 Å². The molecule has 1 aromatic rings. The van der Waals surface area contributed by atoms with E-state index in [1.165, 1.54) is 31.8 Å². The molecule has 0 aliphatic heterocycles. The van der Waals surface area contributed by atoms with Crippen molar-refractivity contribution in [2.45, 2.75) is 50.6 Å². The second kappa shape index (κ2) is 12.5. The molecule has 2 atom stereocenters. The van der Waals surface area contributed by atoms with Gasteiger partial charge in [-0.15, -0.1) is 0 Å². The van der Waals surface area contributed by atoms with Gasteiger partial charge in [-0.05, 0) is 69.1 Å². The van der Waals surface area contributed by atoms with Gasteiger partial charge in [0.1, 0.15) is 5.75 Å². The number of phenols is 1. The zero-order valence-electron chi connectivity index (χ0n) is 16.1. The highest BCUT2D eigenvalue weighted by Crippen LogP contribution is 2.18. The third kappa shape index (κ3) is 8.56. The molecule has 150 valence electrons. The van der Waals surface area contributed by atoms with Crippen molar-refractivity contribution < 1.29 is 9.90 Å². The van der Waals surface area contributed by atoms with E-state index < -0.39 is 0 Å². The van der Waals surface area contributed by atoms with Crippen LogP contribution >= 0.6 is 0 Å². The summed E-state index contributed by atoms with van der Waals surface area (Å²) in [5.41, 5.74) is 6.46. The largest absolute Gasteiger partial charge is 0.508 e. The van der Waals surface area contributed by atoms with Crippen LogP contribution in [0.1, 0.15) is 44.1 Å². The first-order chi connectivity index (χ1) is 13.2. The lowest BCUT2D eigenvalue weighted by molar-refractivity contribution is -0.116. The molecule has 1 saturated carbocycles. The molecule has 1 amide bonds. The number of hydrogen-bond acceptors (Lipinski definition) is 5. The second-order valence-electron chi connectivity index (χ2n) is 7.12. The van der Waals surface area contributed by atoms with Crippen molar-refractivity contribution in [1.29, 1.82) is 0 Å². The van der Waals surface area contributed by atoms with E-state index in [-0.39, 0.29) is 11.7 Å².